The molecule has 1 saturated heterocycles. The van der Waals surface area contributed by atoms with Gasteiger partial charge in [0.05, 0.1) is 22.6 Å². The van der Waals surface area contributed by atoms with Crippen molar-refractivity contribution < 1.29 is 32.0 Å². The molecule has 1 amide bonds. The third-order valence-corrected chi connectivity index (χ3v) is 9.04. The molecule has 15 heteroatoms. The largest absolute Gasteiger partial charge is 0.477 e. The van der Waals surface area contributed by atoms with Gasteiger partial charge in [-0.05, 0) is 56.2 Å². The maximum Gasteiger partial charge on any atom is 0.341 e. The van der Waals surface area contributed by atoms with Crippen LogP contribution >= 0.6 is 0 Å². The third-order valence-electron chi connectivity index (χ3n) is 7.67. The summed E-state index contributed by atoms with van der Waals surface area (Å²) in [6.45, 7) is 3.54. The van der Waals surface area contributed by atoms with Crippen LogP contribution < -0.4 is 20.4 Å². The molecule has 2 fully saturated rings. The van der Waals surface area contributed by atoms with E-state index in [0.29, 0.717) is 48.8 Å². The summed E-state index contributed by atoms with van der Waals surface area (Å²) in [6.07, 6.45) is 3.06. The van der Waals surface area contributed by atoms with Crippen molar-refractivity contribution in [3.63, 3.8) is 0 Å². The summed E-state index contributed by atoms with van der Waals surface area (Å²) in [7, 11) is -3.89. The Morgan fingerprint density at radius 2 is 1.80 bits per heavy atom. The van der Waals surface area contributed by atoms with Gasteiger partial charge in [-0.1, -0.05) is 5.16 Å². The van der Waals surface area contributed by atoms with Crippen LogP contribution in [0, 0.1) is 12.7 Å². The predicted octanol–water partition coefficient (Wildman–Crippen LogP) is 3.03. The topological polar surface area (TPSA) is 167 Å². The number of fused-ring (bicyclic) bond motifs is 1. The molecule has 0 spiro atoms. The van der Waals surface area contributed by atoms with E-state index in [1.807, 2.05) is 9.80 Å². The van der Waals surface area contributed by atoms with Crippen LogP contribution in [0.15, 0.2) is 62.9 Å². The Kier molecular flexibility index (Phi) is 7.59. The predicted molar refractivity (Wildman–Crippen MR) is 159 cm³/mol. The van der Waals surface area contributed by atoms with Gasteiger partial charge in [0.15, 0.2) is 5.82 Å². The van der Waals surface area contributed by atoms with Crippen molar-refractivity contribution in [2.24, 2.45) is 0 Å². The molecule has 2 aromatic heterocycles. The number of piperazine rings is 1. The molecule has 1 aliphatic heterocycles. The van der Waals surface area contributed by atoms with Crippen LogP contribution in [0.3, 0.4) is 0 Å². The Labute approximate surface area is 250 Å². The van der Waals surface area contributed by atoms with Gasteiger partial charge in [-0.15, -0.1) is 0 Å². The number of nitrogens with zero attached hydrogens (tertiary/aromatic N) is 4. The Bertz CT molecular complexity index is 1930. The van der Waals surface area contributed by atoms with E-state index in [-0.39, 0.29) is 40.2 Å². The van der Waals surface area contributed by atoms with Gasteiger partial charge in [-0.2, -0.15) is 0 Å². The van der Waals surface area contributed by atoms with Gasteiger partial charge in [0.2, 0.25) is 11.3 Å². The van der Waals surface area contributed by atoms with Crippen molar-refractivity contribution in [3.05, 3.63) is 76.0 Å². The molecule has 3 heterocycles. The van der Waals surface area contributed by atoms with Crippen molar-refractivity contribution in [1.29, 1.82) is 0 Å². The summed E-state index contributed by atoms with van der Waals surface area (Å²) in [5.41, 5.74) is 0.167. The van der Waals surface area contributed by atoms with Gasteiger partial charge in [-0.3, -0.25) is 19.2 Å². The minimum absolute atomic E-state index is 0.00958. The van der Waals surface area contributed by atoms with Gasteiger partial charge in [0, 0.05) is 55.6 Å². The second-order valence-electron chi connectivity index (χ2n) is 10.9. The minimum atomic E-state index is -3.89. The van der Waals surface area contributed by atoms with Crippen molar-refractivity contribution in [1.82, 2.24) is 14.6 Å². The fourth-order valence-corrected chi connectivity index (χ4v) is 6.27. The number of nitrogens with one attached hydrogen (secondary N) is 2. The molecule has 2 aliphatic rings. The SMILES string of the molecule is Cc1cc(NS(=O)(=O)c2ccc(NC(=O)CN3CCN(c4cc5c(cc4F)c(=O)c(C(=O)O)cn5C4CC4)CC3)cc2)no1. The fourth-order valence-electron chi connectivity index (χ4n) is 5.29. The molecule has 0 atom stereocenters. The maximum absolute atomic E-state index is 15.3. The molecule has 44 heavy (non-hydrogen) atoms. The van der Waals surface area contributed by atoms with Crippen LogP contribution in [0.25, 0.3) is 10.9 Å². The van der Waals surface area contributed by atoms with E-state index >= 15 is 4.39 Å². The summed E-state index contributed by atoms with van der Waals surface area (Å²) in [5, 5.41) is 15.9. The first-order valence-electron chi connectivity index (χ1n) is 13.9. The number of halogens is 1. The monoisotopic (exact) mass is 624 g/mol. The Morgan fingerprint density at radius 1 is 1.09 bits per heavy atom. The van der Waals surface area contributed by atoms with E-state index in [0.717, 1.165) is 18.9 Å². The summed E-state index contributed by atoms with van der Waals surface area (Å²) in [5.74, 6) is -1.71. The molecule has 0 bridgehead atoms. The van der Waals surface area contributed by atoms with E-state index in [9.17, 15) is 27.9 Å². The second kappa shape index (κ2) is 11.4. The molecular formula is C29H29FN6O7S. The first-order chi connectivity index (χ1) is 21.0. The molecule has 6 rings (SSSR count). The van der Waals surface area contributed by atoms with E-state index in [4.69, 9.17) is 4.52 Å². The van der Waals surface area contributed by atoms with Crippen molar-refractivity contribution in [3.8, 4) is 0 Å². The number of carbonyl (C=O) groups excluding carboxylic acids is 1. The van der Waals surface area contributed by atoms with Gasteiger partial charge in [0.25, 0.3) is 10.0 Å². The highest BCUT2D eigenvalue weighted by Gasteiger charge is 2.29. The quantitative estimate of drug-likeness (QED) is 0.252. The highest BCUT2D eigenvalue weighted by Crippen LogP contribution is 2.38. The highest BCUT2D eigenvalue weighted by atomic mass is 32.2. The summed E-state index contributed by atoms with van der Waals surface area (Å²) in [4.78, 5) is 40.8. The average Bonchev–Trinajstić information content (AvgIpc) is 3.74. The lowest BCUT2D eigenvalue weighted by Gasteiger charge is -2.36. The molecule has 4 aromatic rings. The second-order valence-corrected chi connectivity index (χ2v) is 12.6. The Hall–Kier alpha value is -4.76. The smallest absolute Gasteiger partial charge is 0.341 e. The first kappa shape index (κ1) is 29.3. The zero-order valence-corrected chi connectivity index (χ0v) is 24.4. The molecule has 13 nitrogen and oxygen atoms in total. The molecule has 0 radical (unpaired) electrons. The number of hydrogen-bond donors (Lipinski definition) is 3. The molecule has 230 valence electrons. The minimum Gasteiger partial charge on any atom is -0.477 e. The number of carboxylic acids is 1. The standard InChI is InChI=1S/C29H29FN6O7S/c1-17-12-26(32-43-17)33-44(41,42)20-6-2-18(3-7-20)31-27(37)16-34-8-10-35(11-9-34)25-14-24-21(13-23(25)30)28(38)22(29(39)40)15-36(24)19-4-5-19/h2-3,6-7,12-15,19H,4-5,8-11,16H2,1H3,(H,31,37)(H,32,33)(H,39,40). The van der Waals surface area contributed by atoms with E-state index < -0.39 is 27.2 Å². The number of carbonyl (C=O) groups is 2. The number of anilines is 3. The van der Waals surface area contributed by atoms with Gasteiger partial charge in [-0.25, -0.2) is 17.6 Å². The van der Waals surface area contributed by atoms with E-state index in [2.05, 4.69) is 15.2 Å². The zero-order chi connectivity index (χ0) is 31.2. The van der Waals surface area contributed by atoms with Gasteiger partial charge < -0.3 is 24.4 Å². The van der Waals surface area contributed by atoms with Gasteiger partial charge in [0.1, 0.15) is 17.1 Å². The third kappa shape index (κ3) is 6.01. The first-order valence-corrected chi connectivity index (χ1v) is 15.4. The Morgan fingerprint density at radius 3 is 2.41 bits per heavy atom. The zero-order valence-electron chi connectivity index (χ0n) is 23.6. The number of amides is 1. The lowest BCUT2D eigenvalue weighted by atomic mass is 10.1. The number of aromatic nitrogens is 2. The number of carboxylic acid groups (broad SMARTS) is 1. The molecule has 2 aromatic carbocycles. The number of aromatic carboxylic acids is 1. The number of sulfonamides is 1. The van der Waals surface area contributed by atoms with Crippen LogP contribution in [0.1, 0.15) is 35.0 Å². The number of pyridine rings is 1. The van der Waals surface area contributed by atoms with Crippen LogP contribution in [0.5, 0.6) is 0 Å². The molecular weight excluding hydrogens is 595 g/mol. The summed E-state index contributed by atoms with van der Waals surface area (Å²) in [6, 6.07) is 9.98. The van der Waals surface area contributed by atoms with Crippen LogP contribution in [-0.2, 0) is 14.8 Å². The maximum atomic E-state index is 15.3. The molecule has 3 N–H and O–H groups in total. The highest BCUT2D eigenvalue weighted by molar-refractivity contribution is 7.92. The van der Waals surface area contributed by atoms with Crippen LogP contribution in [0.4, 0.5) is 21.6 Å². The van der Waals surface area contributed by atoms with Crippen molar-refractivity contribution in [2.45, 2.75) is 30.7 Å². The Balaban J connectivity index is 1.07. The van der Waals surface area contributed by atoms with Crippen LogP contribution in [0.2, 0.25) is 0 Å². The summed E-state index contributed by atoms with van der Waals surface area (Å²) >= 11 is 0. The summed E-state index contributed by atoms with van der Waals surface area (Å²) < 4.78 is 49.4. The molecule has 1 aliphatic carbocycles. The van der Waals surface area contributed by atoms with Crippen molar-refractivity contribution in [2.75, 3.05) is 47.7 Å². The van der Waals surface area contributed by atoms with Crippen LogP contribution in [-0.4, -0.2) is 72.7 Å². The fraction of sp³-hybridized carbons (Fsp3) is 0.310. The van der Waals surface area contributed by atoms with E-state index in [1.165, 1.54) is 36.5 Å². The number of hydrogen-bond acceptors (Lipinski definition) is 9. The number of aryl methyl sites for hydroxylation is 1. The van der Waals surface area contributed by atoms with Gasteiger partial charge >= 0.3 is 5.97 Å². The lowest BCUT2D eigenvalue weighted by Crippen LogP contribution is -2.49. The number of rotatable bonds is 9. The molecule has 0 unspecified atom stereocenters. The normalized spacial score (nSPS) is 15.8. The molecule has 1 saturated carbocycles. The van der Waals surface area contributed by atoms with Crippen molar-refractivity contribution >= 4 is 50.0 Å². The van der Waals surface area contributed by atoms with E-state index in [1.54, 1.807) is 17.6 Å². The average molecular weight is 625 g/mol. The lowest BCUT2D eigenvalue weighted by molar-refractivity contribution is -0.117. The number of benzene rings is 2.